The van der Waals surface area contributed by atoms with Crippen molar-refractivity contribution in [3.63, 3.8) is 0 Å². The first-order valence-electron chi connectivity index (χ1n) is 5.35. The Kier molecular flexibility index (Phi) is 4.27. The van der Waals surface area contributed by atoms with Crippen LogP contribution < -0.4 is 5.32 Å². The molecule has 1 N–H and O–H groups in total. The van der Waals surface area contributed by atoms with E-state index in [1.165, 1.54) is 5.56 Å². The highest BCUT2D eigenvalue weighted by molar-refractivity contribution is 7.10. The average Bonchev–Trinajstić information content (AvgIpc) is 2.75. The first-order chi connectivity index (χ1) is 8.59. The normalized spacial score (nSPS) is 10.4. The van der Waals surface area contributed by atoms with Crippen molar-refractivity contribution in [1.29, 1.82) is 0 Å². The molecule has 1 aromatic carbocycles. The minimum atomic E-state index is -0.213. The van der Waals surface area contributed by atoms with E-state index in [0.717, 1.165) is 4.88 Å². The van der Waals surface area contributed by atoms with E-state index in [-0.39, 0.29) is 5.91 Å². The van der Waals surface area contributed by atoms with Crippen molar-refractivity contribution >= 4 is 40.4 Å². The largest absolute Gasteiger partial charge is 0.347 e. The van der Waals surface area contributed by atoms with Crippen molar-refractivity contribution in [3.8, 4) is 0 Å². The van der Waals surface area contributed by atoms with Gasteiger partial charge < -0.3 is 5.32 Å². The Morgan fingerprint density at radius 2 is 2.11 bits per heavy atom. The molecule has 0 atom stereocenters. The molecule has 0 aliphatic heterocycles. The van der Waals surface area contributed by atoms with Crippen LogP contribution in [-0.4, -0.2) is 5.91 Å². The second kappa shape index (κ2) is 5.74. The van der Waals surface area contributed by atoms with Gasteiger partial charge in [-0.1, -0.05) is 29.3 Å². The molecule has 94 valence electrons. The van der Waals surface area contributed by atoms with Crippen LogP contribution in [0, 0.1) is 6.92 Å². The summed E-state index contributed by atoms with van der Waals surface area (Å²) in [5, 5.41) is 5.52. The van der Waals surface area contributed by atoms with Crippen molar-refractivity contribution in [1.82, 2.24) is 5.32 Å². The number of hydrogen-bond acceptors (Lipinski definition) is 2. The maximum Gasteiger partial charge on any atom is 0.253 e. The van der Waals surface area contributed by atoms with Gasteiger partial charge in [-0.2, -0.15) is 0 Å². The second-order valence-corrected chi connectivity index (χ2v) is 5.60. The molecule has 0 bridgehead atoms. The molecule has 0 spiro atoms. The van der Waals surface area contributed by atoms with Gasteiger partial charge >= 0.3 is 0 Å². The van der Waals surface area contributed by atoms with E-state index in [4.69, 9.17) is 23.2 Å². The molecule has 18 heavy (non-hydrogen) atoms. The van der Waals surface area contributed by atoms with Gasteiger partial charge in [-0.25, -0.2) is 0 Å². The summed E-state index contributed by atoms with van der Waals surface area (Å²) in [6.07, 6.45) is 0. The van der Waals surface area contributed by atoms with Gasteiger partial charge in [-0.15, -0.1) is 11.3 Å². The molecule has 2 nitrogen and oxygen atoms in total. The van der Waals surface area contributed by atoms with Gasteiger partial charge in [0.25, 0.3) is 5.91 Å². The predicted octanol–water partition coefficient (Wildman–Crippen LogP) is 4.29. The van der Waals surface area contributed by atoms with E-state index in [1.54, 1.807) is 29.5 Å². The number of rotatable bonds is 3. The number of benzene rings is 1. The molecule has 0 saturated heterocycles. The van der Waals surface area contributed by atoms with Crippen LogP contribution >= 0.6 is 34.5 Å². The molecule has 2 aromatic rings. The molecule has 1 amide bonds. The molecule has 2 rings (SSSR count). The Hall–Kier alpha value is -1.03. The summed E-state index contributed by atoms with van der Waals surface area (Å²) in [7, 11) is 0. The number of thiophene rings is 1. The van der Waals surface area contributed by atoms with Gasteiger partial charge in [0, 0.05) is 4.88 Å². The highest BCUT2D eigenvalue weighted by atomic mass is 35.5. The summed E-state index contributed by atoms with van der Waals surface area (Å²) in [5.74, 6) is -0.213. The third-order valence-electron chi connectivity index (χ3n) is 2.57. The number of nitrogens with one attached hydrogen (secondary N) is 1. The van der Waals surface area contributed by atoms with Crippen LogP contribution in [0.2, 0.25) is 10.0 Å². The molecular formula is C13H11Cl2NOS. The minimum Gasteiger partial charge on any atom is -0.347 e. The Morgan fingerprint density at radius 3 is 2.78 bits per heavy atom. The van der Waals surface area contributed by atoms with Crippen LogP contribution in [0.4, 0.5) is 0 Å². The summed E-state index contributed by atoms with van der Waals surface area (Å²) >= 11 is 13.5. The van der Waals surface area contributed by atoms with E-state index >= 15 is 0 Å². The molecule has 0 aliphatic rings. The van der Waals surface area contributed by atoms with Crippen LogP contribution in [0.3, 0.4) is 0 Å². The molecule has 0 saturated carbocycles. The van der Waals surface area contributed by atoms with E-state index < -0.39 is 0 Å². The van der Waals surface area contributed by atoms with Crippen LogP contribution in [0.25, 0.3) is 0 Å². The fraction of sp³-hybridized carbons (Fsp3) is 0.154. The second-order valence-electron chi connectivity index (χ2n) is 3.81. The zero-order valence-electron chi connectivity index (χ0n) is 9.67. The summed E-state index contributed by atoms with van der Waals surface area (Å²) in [5.41, 5.74) is 1.58. The molecule has 5 heteroatoms. The van der Waals surface area contributed by atoms with Crippen molar-refractivity contribution in [2.24, 2.45) is 0 Å². The fourth-order valence-electron chi connectivity index (χ4n) is 1.52. The monoisotopic (exact) mass is 299 g/mol. The lowest BCUT2D eigenvalue weighted by atomic mass is 10.2. The summed E-state index contributed by atoms with van der Waals surface area (Å²) in [6.45, 7) is 2.52. The maximum absolute atomic E-state index is 12.0. The van der Waals surface area contributed by atoms with Crippen molar-refractivity contribution in [2.75, 3.05) is 0 Å². The Bertz CT molecular complexity index is 580. The molecule has 1 heterocycles. The third-order valence-corrected chi connectivity index (χ3v) is 4.42. The Balaban J connectivity index is 2.09. The van der Waals surface area contributed by atoms with Crippen molar-refractivity contribution in [3.05, 3.63) is 55.7 Å². The van der Waals surface area contributed by atoms with Gasteiger partial charge in [-0.05, 0) is 36.1 Å². The molecule has 0 fully saturated rings. The van der Waals surface area contributed by atoms with E-state index in [0.29, 0.717) is 22.2 Å². The molecule has 1 aromatic heterocycles. The first-order valence-corrected chi connectivity index (χ1v) is 6.98. The lowest BCUT2D eigenvalue weighted by molar-refractivity contribution is 0.0951. The molecular weight excluding hydrogens is 289 g/mol. The third kappa shape index (κ3) is 2.86. The van der Waals surface area contributed by atoms with Crippen LogP contribution in [-0.2, 0) is 6.54 Å². The van der Waals surface area contributed by atoms with Crippen molar-refractivity contribution < 1.29 is 4.79 Å². The smallest absolute Gasteiger partial charge is 0.253 e. The van der Waals surface area contributed by atoms with Gasteiger partial charge in [0.05, 0.1) is 22.2 Å². The van der Waals surface area contributed by atoms with Crippen LogP contribution in [0.1, 0.15) is 20.8 Å². The van der Waals surface area contributed by atoms with Gasteiger partial charge in [0.15, 0.2) is 0 Å². The maximum atomic E-state index is 12.0. The molecule has 0 aliphatic carbocycles. The summed E-state index contributed by atoms with van der Waals surface area (Å²) in [6, 6.07) is 7.05. The SMILES string of the molecule is Cc1ccsc1CNC(=O)c1cccc(Cl)c1Cl. The Morgan fingerprint density at radius 1 is 1.33 bits per heavy atom. The van der Waals surface area contributed by atoms with Crippen LogP contribution in [0.5, 0.6) is 0 Å². The summed E-state index contributed by atoms with van der Waals surface area (Å²) in [4.78, 5) is 13.1. The molecule has 0 unspecified atom stereocenters. The van der Waals surface area contributed by atoms with Gasteiger partial charge in [-0.3, -0.25) is 4.79 Å². The highest BCUT2D eigenvalue weighted by Gasteiger charge is 2.12. The average molecular weight is 300 g/mol. The van der Waals surface area contributed by atoms with E-state index in [1.807, 2.05) is 18.4 Å². The predicted molar refractivity (Wildman–Crippen MR) is 76.7 cm³/mol. The zero-order valence-corrected chi connectivity index (χ0v) is 12.0. The highest BCUT2D eigenvalue weighted by Crippen LogP contribution is 2.25. The van der Waals surface area contributed by atoms with Crippen LogP contribution in [0.15, 0.2) is 29.6 Å². The first kappa shape index (κ1) is 13.4. The number of amides is 1. The number of aryl methyl sites for hydroxylation is 1. The number of carbonyl (C=O) groups is 1. The Labute approximate surface area is 120 Å². The van der Waals surface area contributed by atoms with E-state index in [2.05, 4.69) is 5.32 Å². The quantitative estimate of drug-likeness (QED) is 0.900. The summed E-state index contributed by atoms with van der Waals surface area (Å²) < 4.78 is 0. The molecule has 0 radical (unpaired) electrons. The van der Waals surface area contributed by atoms with Gasteiger partial charge in [0.1, 0.15) is 0 Å². The number of hydrogen-bond donors (Lipinski definition) is 1. The van der Waals surface area contributed by atoms with E-state index in [9.17, 15) is 4.79 Å². The lowest BCUT2D eigenvalue weighted by Crippen LogP contribution is -2.23. The minimum absolute atomic E-state index is 0.213. The zero-order chi connectivity index (χ0) is 13.1. The fourth-order valence-corrected chi connectivity index (χ4v) is 2.75. The number of carbonyl (C=O) groups excluding carboxylic acids is 1. The topological polar surface area (TPSA) is 29.1 Å². The van der Waals surface area contributed by atoms with Gasteiger partial charge in [0.2, 0.25) is 0 Å². The standard InChI is InChI=1S/C13H11Cl2NOS/c1-8-5-6-18-11(8)7-16-13(17)9-3-2-4-10(14)12(9)15/h2-6H,7H2,1H3,(H,16,17). The van der Waals surface area contributed by atoms with Crippen molar-refractivity contribution in [2.45, 2.75) is 13.5 Å². The number of halogens is 2. The lowest BCUT2D eigenvalue weighted by Gasteiger charge is -2.07.